The van der Waals surface area contributed by atoms with Crippen LogP contribution in [0.25, 0.3) is 0 Å². The van der Waals surface area contributed by atoms with E-state index in [-0.39, 0.29) is 11.6 Å². The van der Waals surface area contributed by atoms with Crippen molar-refractivity contribution in [2.45, 2.75) is 51.3 Å². The third kappa shape index (κ3) is 1.50. The first-order valence-electron chi connectivity index (χ1n) is 3.98. The molecule has 1 fully saturated rings. The molecule has 0 amide bonds. The zero-order valence-electron chi connectivity index (χ0n) is 7.02. The molecule has 0 radical (unpaired) electrons. The van der Waals surface area contributed by atoms with Crippen molar-refractivity contribution in [1.29, 1.82) is 0 Å². The second-order valence-electron chi connectivity index (χ2n) is 3.86. The van der Waals surface area contributed by atoms with Crippen LogP contribution in [-0.4, -0.2) is 22.8 Å². The second-order valence-corrected chi connectivity index (χ2v) is 3.86. The molecule has 0 aromatic rings. The van der Waals surface area contributed by atoms with E-state index in [1.54, 1.807) is 0 Å². The standard InChI is InChI=1S/C8H17NO/c1-6-4-5-7(10)8(2,3)9-6/h6-7,9-10H,4-5H2,1-3H3/t6-,7+/m1/s1. The van der Waals surface area contributed by atoms with Gasteiger partial charge < -0.3 is 10.4 Å². The fraction of sp³-hybridized carbons (Fsp3) is 1.00. The topological polar surface area (TPSA) is 32.3 Å². The van der Waals surface area contributed by atoms with Gasteiger partial charge in [0.1, 0.15) is 0 Å². The van der Waals surface area contributed by atoms with Crippen LogP contribution in [0.3, 0.4) is 0 Å². The van der Waals surface area contributed by atoms with E-state index < -0.39 is 0 Å². The summed E-state index contributed by atoms with van der Waals surface area (Å²) in [5.74, 6) is 0. The lowest BCUT2D eigenvalue weighted by Crippen LogP contribution is -2.56. The molecule has 2 nitrogen and oxygen atoms in total. The summed E-state index contributed by atoms with van der Waals surface area (Å²) in [4.78, 5) is 0. The normalized spacial score (nSPS) is 39.6. The molecule has 10 heavy (non-hydrogen) atoms. The van der Waals surface area contributed by atoms with Gasteiger partial charge in [0.15, 0.2) is 0 Å². The van der Waals surface area contributed by atoms with E-state index in [2.05, 4.69) is 12.2 Å². The molecule has 0 unspecified atom stereocenters. The number of aliphatic hydroxyl groups is 1. The van der Waals surface area contributed by atoms with Gasteiger partial charge in [0, 0.05) is 11.6 Å². The smallest absolute Gasteiger partial charge is 0.0716 e. The van der Waals surface area contributed by atoms with Gasteiger partial charge in [-0.1, -0.05) is 0 Å². The van der Waals surface area contributed by atoms with Crippen LogP contribution >= 0.6 is 0 Å². The van der Waals surface area contributed by atoms with Crippen molar-refractivity contribution in [3.63, 3.8) is 0 Å². The van der Waals surface area contributed by atoms with Gasteiger partial charge in [0.2, 0.25) is 0 Å². The summed E-state index contributed by atoms with van der Waals surface area (Å²) < 4.78 is 0. The summed E-state index contributed by atoms with van der Waals surface area (Å²) in [7, 11) is 0. The molecule has 0 bridgehead atoms. The van der Waals surface area contributed by atoms with E-state index in [4.69, 9.17) is 0 Å². The Morgan fingerprint density at radius 2 is 2.00 bits per heavy atom. The highest BCUT2D eigenvalue weighted by atomic mass is 16.3. The molecule has 2 heteroatoms. The number of piperidine rings is 1. The van der Waals surface area contributed by atoms with Crippen LogP contribution in [0.15, 0.2) is 0 Å². The Kier molecular flexibility index (Phi) is 2.02. The molecule has 60 valence electrons. The van der Waals surface area contributed by atoms with E-state index in [0.717, 1.165) is 12.8 Å². The molecule has 1 heterocycles. The number of nitrogens with one attached hydrogen (secondary N) is 1. The lowest BCUT2D eigenvalue weighted by atomic mass is 9.87. The monoisotopic (exact) mass is 143 g/mol. The van der Waals surface area contributed by atoms with Crippen molar-refractivity contribution in [3.05, 3.63) is 0 Å². The molecule has 1 saturated heterocycles. The lowest BCUT2D eigenvalue weighted by molar-refractivity contribution is 0.0369. The third-order valence-electron chi connectivity index (χ3n) is 2.32. The Balaban J connectivity index is 2.55. The number of rotatable bonds is 0. The first kappa shape index (κ1) is 8.02. The van der Waals surface area contributed by atoms with Crippen LogP contribution in [-0.2, 0) is 0 Å². The number of hydrogen-bond acceptors (Lipinski definition) is 2. The van der Waals surface area contributed by atoms with E-state index in [9.17, 15) is 5.11 Å². The SMILES string of the molecule is C[C@@H]1CC[C@H](O)C(C)(C)N1. The fourth-order valence-electron chi connectivity index (χ4n) is 1.57. The first-order chi connectivity index (χ1) is 4.52. The van der Waals surface area contributed by atoms with Crippen molar-refractivity contribution >= 4 is 0 Å². The number of hydrogen-bond donors (Lipinski definition) is 2. The highest BCUT2D eigenvalue weighted by Gasteiger charge is 2.32. The van der Waals surface area contributed by atoms with Crippen molar-refractivity contribution in [2.24, 2.45) is 0 Å². The predicted octanol–water partition coefficient (Wildman–Crippen LogP) is 0.898. The van der Waals surface area contributed by atoms with E-state index >= 15 is 0 Å². The average molecular weight is 143 g/mol. The zero-order valence-corrected chi connectivity index (χ0v) is 7.02. The molecular formula is C8H17NO. The van der Waals surface area contributed by atoms with Crippen LogP contribution in [0.4, 0.5) is 0 Å². The summed E-state index contributed by atoms with van der Waals surface area (Å²) in [6.07, 6.45) is 1.84. The van der Waals surface area contributed by atoms with Crippen LogP contribution in [0, 0.1) is 0 Å². The Morgan fingerprint density at radius 3 is 2.40 bits per heavy atom. The molecule has 0 aromatic heterocycles. The molecule has 1 aliphatic heterocycles. The second kappa shape index (κ2) is 2.51. The zero-order chi connectivity index (χ0) is 7.78. The van der Waals surface area contributed by atoms with Crippen LogP contribution in [0.1, 0.15) is 33.6 Å². The lowest BCUT2D eigenvalue weighted by Gasteiger charge is -2.39. The summed E-state index contributed by atoms with van der Waals surface area (Å²) in [6.45, 7) is 6.26. The molecule has 1 rings (SSSR count). The maximum absolute atomic E-state index is 9.49. The van der Waals surface area contributed by atoms with Crippen molar-refractivity contribution in [3.8, 4) is 0 Å². The summed E-state index contributed by atoms with van der Waals surface area (Å²) >= 11 is 0. The molecule has 2 N–H and O–H groups in total. The Labute approximate surface area is 62.6 Å². The van der Waals surface area contributed by atoms with Gasteiger partial charge in [-0.2, -0.15) is 0 Å². The van der Waals surface area contributed by atoms with Gasteiger partial charge in [-0.15, -0.1) is 0 Å². The minimum absolute atomic E-state index is 0.0856. The van der Waals surface area contributed by atoms with E-state index in [1.165, 1.54) is 0 Å². The van der Waals surface area contributed by atoms with Crippen LogP contribution < -0.4 is 5.32 Å². The number of aliphatic hydroxyl groups excluding tert-OH is 1. The first-order valence-corrected chi connectivity index (χ1v) is 3.98. The quantitative estimate of drug-likeness (QED) is 0.528. The van der Waals surface area contributed by atoms with Crippen molar-refractivity contribution in [1.82, 2.24) is 5.32 Å². The molecule has 2 atom stereocenters. The predicted molar refractivity (Wildman–Crippen MR) is 41.9 cm³/mol. The van der Waals surface area contributed by atoms with Gasteiger partial charge in [-0.3, -0.25) is 0 Å². The molecule has 0 saturated carbocycles. The van der Waals surface area contributed by atoms with E-state index in [1.807, 2.05) is 13.8 Å². The van der Waals surface area contributed by atoms with Crippen LogP contribution in [0.5, 0.6) is 0 Å². The van der Waals surface area contributed by atoms with Gasteiger partial charge in [0.25, 0.3) is 0 Å². The van der Waals surface area contributed by atoms with Gasteiger partial charge in [-0.25, -0.2) is 0 Å². The van der Waals surface area contributed by atoms with Crippen molar-refractivity contribution in [2.75, 3.05) is 0 Å². The molecule has 0 aromatic carbocycles. The molecule has 0 aliphatic carbocycles. The summed E-state index contributed by atoms with van der Waals surface area (Å²) in [5.41, 5.74) is -0.0856. The van der Waals surface area contributed by atoms with Gasteiger partial charge >= 0.3 is 0 Å². The maximum Gasteiger partial charge on any atom is 0.0716 e. The highest BCUT2D eigenvalue weighted by Crippen LogP contribution is 2.21. The average Bonchev–Trinajstić information content (AvgIpc) is 1.78. The minimum atomic E-state index is -0.177. The largest absolute Gasteiger partial charge is 0.391 e. The van der Waals surface area contributed by atoms with Crippen LogP contribution in [0.2, 0.25) is 0 Å². The minimum Gasteiger partial charge on any atom is -0.391 e. The van der Waals surface area contributed by atoms with Gasteiger partial charge in [-0.05, 0) is 33.6 Å². The Bertz CT molecular complexity index is 122. The van der Waals surface area contributed by atoms with Gasteiger partial charge in [0.05, 0.1) is 6.10 Å². The molecular weight excluding hydrogens is 126 g/mol. The van der Waals surface area contributed by atoms with Crippen molar-refractivity contribution < 1.29 is 5.11 Å². The fourth-order valence-corrected chi connectivity index (χ4v) is 1.57. The summed E-state index contributed by atoms with van der Waals surface area (Å²) in [5, 5.41) is 12.8. The highest BCUT2D eigenvalue weighted by molar-refractivity contribution is 4.92. The molecule has 1 aliphatic rings. The Morgan fingerprint density at radius 1 is 1.40 bits per heavy atom. The Hall–Kier alpha value is -0.0800. The molecule has 0 spiro atoms. The maximum atomic E-state index is 9.49. The van der Waals surface area contributed by atoms with E-state index in [0.29, 0.717) is 6.04 Å². The summed E-state index contributed by atoms with van der Waals surface area (Å²) in [6, 6.07) is 0.554. The third-order valence-corrected chi connectivity index (χ3v) is 2.32.